The zero-order chi connectivity index (χ0) is 16.1. The second kappa shape index (κ2) is 7.73. The molecule has 0 unspecified atom stereocenters. The van der Waals surface area contributed by atoms with Gasteiger partial charge in [-0.05, 0) is 35.9 Å². The van der Waals surface area contributed by atoms with Gasteiger partial charge < -0.3 is 14.8 Å². The second-order valence-electron chi connectivity index (χ2n) is 5.65. The smallest absolute Gasteiger partial charge is 0.252 e. The SMILES string of the molecule is Cc1ccsc1[C@@H](Cc1ccccc1)NC(=O)[C@@H]1COCCO1. The summed E-state index contributed by atoms with van der Waals surface area (Å²) in [6.45, 7) is 3.43. The summed E-state index contributed by atoms with van der Waals surface area (Å²) in [5.41, 5.74) is 2.41. The summed E-state index contributed by atoms with van der Waals surface area (Å²) in [5, 5.41) is 5.21. The van der Waals surface area contributed by atoms with Crippen molar-refractivity contribution in [1.82, 2.24) is 5.32 Å². The maximum absolute atomic E-state index is 12.5. The van der Waals surface area contributed by atoms with Crippen LogP contribution in [0, 0.1) is 6.92 Å². The summed E-state index contributed by atoms with van der Waals surface area (Å²) in [4.78, 5) is 13.7. The number of rotatable bonds is 5. The Morgan fingerprint density at radius 3 is 2.78 bits per heavy atom. The fraction of sp³-hybridized carbons (Fsp3) is 0.389. The molecule has 1 aliphatic heterocycles. The molecule has 23 heavy (non-hydrogen) atoms. The van der Waals surface area contributed by atoms with Gasteiger partial charge in [0, 0.05) is 4.88 Å². The molecule has 0 spiro atoms. The van der Waals surface area contributed by atoms with Gasteiger partial charge in [0.25, 0.3) is 5.91 Å². The number of ether oxygens (including phenoxy) is 2. The Balaban J connectivity index is 1.75. The zero-order valence-corrected chi connectivity index (χ0v) is 14.0. The van der Waals surface area contributed by atoms with Crippen molar-refractivity contribution in [2.45, 2.75) is 25.5 Å². The highest BCUT2D eigenvalue weighted by atomic mass is 32.1. The van der Waals surface area contributed by atoms with Gasteiger partial charge in [-0.15, -0.1) is 11.3 Å². The van der Waals surface area contributed by atoms with Crippen molar-refractivity contribution in [2.75, 3.05) is 19.8 Å². The number of hydrogen-bond acceptors (Lipinski definition) is 4. The Labute approximate surface area is 140 Å². The molecule has 1 aliphatic rings. The Kier molecular flexibility index (Phi) is 5.43. The Bertz CT molecular complexity index is 635. The fourth-order valence-corrected chi connectivity index (χ4v) is 3.68. The zero-order valence-electron chi connectivity index (χ0n) is 13.2. The van der Waals surface area contributed by atoms with Crippen LogP contribution in [0.3, 0.4) is 0 Å². The van der Waals surface area contributed by atoms with Crippen LogP contribution in [0.1, 0.15) is 22.0 Å². The molecule has 4 nitrogen and oxygen atoms in total. The number of carbonyl (C=O) groups excluding carboxylic acids is 1. The molecule has 1 saturated heterocycles. The van der Waals surface area contributed by atoms with Gasteiger partial charge in [0.15, 0.2) is 6.10 Å². The maximum Gasteiger partial charge on any atom is 0.252 e. The van der Waals surface area contributed by atoms with Gasteiger partial charge in [-0.3, -0.25) is 4.79 Å². The van der Waals surface area contributed by atoms with Gasteiger partial charge in [-0.25, -0.2) is 0 Å². The molecule has 0 radical (unpaired) electrons. The molecule has 1 N–H and O–H groups in total. The summed E-state index contributed by atoms with van der Waals surface area (Å²) < 4.78 is 10.8. The van der Waals surface area contributed by atoms with E-state index in [-0.39, 0.29) is 11.9 Å². The lowest BCUT2D eigenvalue weighted by Crippen LogP contribution is -2.44. The van der Waals surface area contributed by atoms with E-state index < -0.39 is 6.10 Å². The van der Waals surface area contributed by atoms with Gasteiger partial charge in [0.05, 0.1) is 25.9 Å². The third-order valence-electron chi connectivity index (χ3n) is 3.93. The van der Waals surface area contributed by atoms with Gasteiger partial charge >= 0.3 is 0 Å². The standard InChI is InChI=1S/C18H21NO3S/c1-13-7-10-23-17(13)15(11-14-5-3-2-4-6-14)19-18(20)16-12-21-8-9-22-16/h2-7,10,15-16H,8-9,11-12H2,1H3,(H,19,20)/t15-,16+/m1/s1. The lowest BCUT2D eigenvalue weighted by molar-refractivity contribution is -0.148. The van der Waals surface area contributed by atoms with Crippen molar-refractivity contribution in [2.24, 2.45) is 0 Å². The van der Waals surface area contributed by atoms with Crippen LogP contribution in [-0.2, 0) is 20.7 Å². The van der Waals surface area contributed by atoms with Crippen molar-refractivity contribution in [3.8, 4) is 0 Å². The highest BCUT2D eigenvalue weighted by Crippen LogP contribution is 2.27. The van der Waals surface area contributed by atoms with E-state index in [1.165, 1.54) is 16.0 Å². The molecule has 1 aromatic carbocycles. The molecular weight excluding hydrogens is 310 g/mol. The summed E-state index contributed by atoms with van der Waals surface area (Å²) >= 11 is 1.68. The van der Waals surface area contributed by atoms with Crippen LogP contribution >= 0.6 is 11.3 Å². The molecule has 2 aromatic rings. The summed E-state index contributed by atoms with van der Waals surface area (Å²) in [6, 6.07) is 12.3. The van der Waals surface area contributed by atoms with Crippen molar-refractivity contribution in [3.63, 3.8) is 0 Å². The molecule has 122 valence electrons. The van der Waals surface area contributed by atoms with E-state index >= 15 is 0 Å². The fourth-order valence-electron chi connectivity index (χ4n) is 2.70. The first kappa shape index (κ1) is 16.2. The molecule has 3 rings (SSSR count). The van der Waals surface area contributed by atoms with E-state index in [4.69, 9.17) is 9.47 Å². The first-order chi connectivity index (χ1) is 11.2. The van der Waals surface area contributed by atoms with Crippen molar-refractivity contribution < 1.29 is 14.3 Å². The van der Waals surface area contributed by atoms with E-state index in [2.05, 4.69) is 35.8 Å². The second-order valence-corrected chi connectivity index (χ2v) is 6.60. The predicted octanol–water partition coefficient (Wildman–Crippen LogP) is 2.87. The van der Waals surface area contributed by atoms with Crippen LogP contribution in [-0.4, -0.2) is 31.8 Å². The van der Waals surface area contributed by atoms with Crippen LogP contribution in [0.2, 0.25) is 0 Å². The van der Waals surface area contributed by atoms with Crippen LogP contribution in [0.5, 0.6) is 0 Å². The Hall–Kier alpha value is -1.69. The monoisotopic (exact) mass is 331 g/mol. The Morgan fingerprint density at radius 2 is 2.13 bits per heavy atom. The molecular formula is C18H21NO3S. The van der Waals surface area contributed by atoms with Crippen molar-refractivity contribution in [3.05, 3.63) is 57.8 Å². The molecule has 2 heterocycles. The predicted molar refractivity (Wildman–Crippen MR) is 90.6 cm³/mol. The van der Waals surface area contributed by atoms with Crippen molar-refractivity contribution in [1.29, 1.82) is 0 Å². The summed E-state index contributed by atoms with van der Waals surface area (Å²) in [5.74, 6) is -0.0987. The number of benzene rings is 1. The first-order valence-electron chi connectivity index (χ1n) is 7.81. The number of aryl methyl sites for hydroxylation is 1. The molecule has 0 bridgehead atoms. The van der Waals surface area contributed by atoms with Gasteiger partial charge in [0.1, 0.15) is 0 Å². The topological polar surface area (TPSA) is 47.6 Å². The molecule has 2 atom stereocenters. The number of nitrogens with one attached hydrogen (secondary N) is 1. The van der Waals surface area contributed by atoms with E-state index in [1.54, 1.807) is 11.3 Å². The molecule has 1 amide bonds. The normalized spacial score (nSPS) is 19.3. The number of amides is 1. The van der Waals surface area contributed by atoms with E-state index in [0.29, 0.717) is 19.8 Å². The molecule has 1 aromatic heterocycles. The first-order valence-corrected chi connectivity index (χ1v) is 8.69. The van der Waals surface area contributed by atoms with E-state index in [1.807, 2.05) is 18.2 Å². The third-order valence-corrected chi connectivity index (χ3v) is 5.06. The van der Waals surface area contributed by atoms with Crippen LogP contribution in [0.15, 0.2) is 41.8 Å². The minimum absolute atomic E-state index is 0.0459. The van der Waals surface area contributed by atoms with E-state index in [9.17, 15) is 4.79 Å². The minimum Gasteiger partial charge on any atom is -0.376 e. The summed E-state index contributed by atoms with van der Waals surface area (Å²) in [7, 11) is 0. The average Bonchev–Trinajstić information content (AvgIpc) is 3.02. The lowest BCUT2D eigenvalue weighted by Gasteiger charge is -2.25. The minimum atomic E-state index is -0.512. The largest absolute Gasteiger partial charge is 0.376 e. The van der Waals surface area contributed by atoms with Crippen molar-refractivity contribution >= 4 is 17.2 Å². The van der Waals surface area contributed by atoms with E-state index in [0.717, 1.165) is 6.42 Å². The summed E-state index contributed by atoms with van der Waals surface area (Å²) in [6.07, 6.45) is 0.254. The highest BCUT2D eigenvalue weighted by molar-refractivity contribution is 7.10. The van der Waals surface area contributed by atoms with Crippen LogP contribution in [0.25, 0.3) is 0 Å². The van der Waals surface area contributed by atoms with Crippen LogP contribution in [0.4, 0.5) is 0 Å². The van der Waals surface area contributed by atoms with Gasteiger partial charge in [-0.2, -0.15) is 0 Å². The Morgan fingerprint density at radius 1 is 1.30 bits per heavy atom. The number of hydrogen-bond donors (Lipinski definition) is 1. The number of thiophene rings is 1. The quantitative estimate of drug-likeness (QED) is 0.916. The molecule has 0 aliphatic carbocycles. The third kappa shape index (κ3) is 4.19. The van der Waals surface area contributed by atoms with Gasteiger partial charge in [-0.1, -0.05) is 30.3 Å². The highest BCUT2D eigenvalue weighted by Gasteiger charge is 2.26. The average molecular weight is 331 g/mol. The molecule has 5 heteroatoms. The maximum atomic E-state index is 12.5. The lowest BCUT2D eigenvalue weighted by atomic mass is 10.0. The van der Waals surface area contributed by atoms with Gasteiger partial charge in [0.2, 0.25) is 0 Å². The number of carbonyl (C=O) groups is 1. The molecule has 1 fully saturated rings. The molecule has 0 saturated carbocycles. The van der Waals surface area contributed by atoms with Crippen LogP contribution < -0.4 is 5.32 Å².